The minimum atomic E-state index is 0. The van der Waals surface area contributed by atoms with Crippen molar-refractivity contribution in [2.75, 3.05) is 53.4 Å². The smallest absolute Gasteiger partial charge is 0.0784 e. The van der Waals surface area contributed by atoms with Crippen molar-refractivity contribution < 1.29 is 42.9 Å². The molecule has 2 nitrogen and oxygen atoms in total. The van der Waals surface area contributed by atoms with E-state index in [1.54, 1.807) is 0 Å². The number of rotatable bonds is 21. The molecule has 0 aromatic rings. The van der Waals surface area contributed by atoms with Gasteiger partial charge in [0.25, 0.3) is 0 Å². The predicted molar refractivity (Wildman–Crippen MR) is 129 cm³/mol. The first-order chi connectivity index (χ1) is 13.4. The Balaban J connectivity index is -0.00000364. The first-order valence-corrected chi connectivity index (χ1v) is 13.1. The zero-order chi connectivity index (χ0) is 21.1. The van der Waals surface area contributed by atoms with Crippen LogP contribution in [0.5, 0.6) is 0 Å². The van der Waals surface area contributed by atoms with Gasteiger partial charge in [-0.25, -0.2) is 0 Å². The number of unbranched alkanes of at least 4 members (excludes halogenated alkanes) is 11. The van der Waals surface area contributed by atoms with Crippen molar-refractivity contribution in [2.24, 2.45) is 0 Å². The average Bonchev–Trinajstić information content (AvgIpc) is 2.68. The first-order valence-electron chi connectivity index (χ1n) is 13.1. The van der Waals surface area contributed by atoms with E-state index in [-0.39, 0.29) is 34.0 Å². The van der Waals surface area contributed by atoms with Crippen molar-refractivity contribution in [3.63, 3.8) is 0 Å². The van der Waals surface area contributed by atoms with E-state index in [0.29, 0.717) is 0 Å². The molecule has 0 aromatic carbocycles. The molecule has 0 aliphatic heterocycles. The molecule has 0 aliphatic carbocycles. The lowest BCUT2D eigenvalue weighted by molar-refractivity contribution is -0.908. The van der Waals surface area contributed by atoms with Crippen molar-refractivity contribution in [1.82, 2.24) is 0 Å². The van der Waals surface area contributed by atoms with Crippen molar-refractivity contribution in [1.29, 1.82) is 0 Å². The molecule has 0 saturated heterocycles. The molecule has 0 radical (unpaired) electrons. The summed E-state index contributed by atoms with van der Waals surface area (Å²) in [5, 5.41) is 0. The highest BCUT2D eigenvalue weighted by atomic mass is 79.9. The monoisotopic (exact) mass is 556 g/mol. The molecule has 0 saturated carbocycles. The highest BCUT2D eigenvalue weighted by molar-refractivity contribution is 4.50. The van der Waals surface area contributed by atoms with Gasteiger partial charge in [-0.15, -0.1) is 0 Å². The van der Waals surface area contributed by atoms with Gasteiger partial charge in [-0.05, 0) is 52.4 Å². The van der Waals surface area contributed by atoms with Crippen LogP contribution in [0.15, 0.2) is 0 Å². The summed E-state index contributed by atoms with van der Waals surface area (Å²) < 4.78 is 2.57. The highest BCUT2D eigenvalue weighted by Crippen LogP contribution is 2.14. The summed E-state index contributed by atoms with van der Waals surface area (Å²) >= 11 is 0. The number of hydrogen-bond donors (Lipinski definition) is 0. The third kappa shape index (κ3) is 19.6. The molecule has 30 heavy (non-hydrogen) atoms. The maximum absolute atomic E-state index is 2.44. The Bertz CT molecular complexity index is 309. The number of quaternary nitrogens is 2. The fourth-order valence-corrected chi connectivity index (χ4v) is 4.69. The van der Waals surface area contributed by atoms with Crippen LogP contribution in [-0.2, 0) is 0 Å². The fourth-order valence-electron chi connectivity index (χ4n) is 4.69. The minimum Gasteiger partial charge on any atom is -1.00 e. The van der Waals surface area contributed by atoms with Gasteiger partial charge in [0.2, 0.25) is 0 Å². The molecule has 186 valence electrons. The van der Waals surface area contributed by atoms with Crippen LogP contribution in [-0.4, -0.2) is 62.3 Å². The molecule has 0 aliphatic rings. The van der Waals surface area contributed by atoms with Gasteiger partial charge in [0.15, 0.2) is 0 Å². The molecular weight excluding hydrogens is 500 g/mol. The van der Waals surface area contributed by atoms with Crippen LogP contribution in [0.1, 0.15) is 118 Å². The van der Waals surface area contributed by atoms with Crippen molar-refractivity contribution >= 4 is 0 Å². The summed E-state index contributed by atoms with van der Waals surface area (Å²) in [7, 11) is 4.88. The SMILES string of the molecule is CCC[N+](C)(CC)CCCCCCCCCCCCCC[N+](C)(CC)CCC.[Br-].[Br-]. The van der Waals surface area contributed by atoms with Gasteiger partial charge >= 0.3 is 0 Å². The summed E-state index contributed by atoms with van der Waals surface area (Å²) in [4.78, 5) is 0. The van der Waals surface area contributed by atoms with E-state index in [4.69, 9.17) is 0 Å². The molecule has 4 heteroatoms. The topological polar surface area (TPSA) is 0 Å². The number of nitrogens with zero attached hydrogens (tertiary/aromatic N) is 2. The fraction of sp³-hybridized carbons (Fsp3) is 1.00. The maximum Gasteiger partial charge on any atom is 0.0784 e. The lowest BCUT2D eigenvalue weighted by Gasteiger charge is -2.33. The van der Waals surface area contributed by atoms with Crippen LogP contribution >= 0.6 is 0 Å². The van der Waals surface area contributed by atoms with Crippen LogP contribution in [0.2, 0.25) is 0 Å². The Kier molecular flexibility index (Phi) is 27.3. The van der Waals surface area contributed by atoms with E-state index in [9.17, 15) is 0 Å². The van der Waals surface area contributed by atoms with E-state index in [2.05, 4.69) is 41.8 Å². The lowest BCUT2D eigenvalue weighted by Crippen LogP contribution is -3.00. The highest BCUT2D eigenvalue weighted by Gasteiger charge is 2.17. The van der Waals surface area contributed by atoms with Gasteiger partial charge in [-0.1, -0.05) is 65.2 Å². The number of halogens is 2. The molecule has 0 aromatic heterocycles. The Morgan fingerprint density at radius 3 is 0.800 bits per heavy atom. The molecule has 0 spiro atoms. The molecule has 0 fully saturated rings. The second kappa shape index (κ2) is 23.1. The summed E-state index contributed by atoms with van der Waals surface area (Å²) in [5.41, 5.74) is 0. The lowest BCUT2D eigenvalue weighted by atomic mass is 10.0. The normalized spacial score (nSPS) is 15.0. The average molecular weight is 559 g/mol. The van der Waals surface area contributed by atoms with E-state index in [0.717, 1.165) is 0 Å². The van der Waals surface area contributed by atoms with Crippen LogP contribution < -0.4 is 34.0 Å². The molecule has 2 unspecified atom stereocenters. The molecule has 0 rings (SSSR count). The third-order valence-electron chi connectivity index (χ3n) is 7.20. The Labute approximate surface area is 213 Å². The Hall–Kier alpha value is 0.880. The predicted octanol–water partition coefficient (Wildman–Crippen LogP) is 1.43. The van der Waals surface area contributed by atoms with Crippen LogP contribution in [0.3, 0.4) is 0 Å². The zero-order valence-electron chi connectivity index (χ0n) is 21.8. The largest absolute Gasteiger partial charge is 1.00 e. The van der Waals surface area contributed by atoms with Gasteiger partial charge in [0.05, 0.1) is 53.4 Å². The molecule has 0 heterocycles. The van der Waals surface area contributed by atoms with Crippen molar-refractivity contribution in [3.8, 4) is 0 Å². The Morgan fingerprint density at radius 2 is 0.600 bits per heavy atom. The second-order valence-electron chi connectivity index (χ2n) is 10.0. The van der Waals surface area contributed by atoms with Crippen LogP contribution in [0.25, 0.3) is 0 Å². The van der Waals surface area contributed by atoms with Gasteiger partial charge in [-0.3, -0.25) is 0 Å². The van der Waals surface area contributed by atoms with Gasteiger partial charge in [0, 0.05) is 0 Å². The van der Waals surface area contributed by atoms with Crippen LogP contribution in [0, 0.1) is 0 Å². The zero-order valence-corrected chi connectivity index (χ0v) is 25.0. The van der Waals surface area contributed by atoms with Gasteiger partial charge < -0.3 is 42.9 Å². The van der Waals surface area contributed by atoms with Gasteiger partial charge in [-0.2, -0.15) is 0 Å². The minimum absolute atomic E-state index is 0. The maximum atomic E-state index is 2.44. The van der Waals surface area contributed by atoms with E-state index in [1.807, 2.05) is 0 Å². The van der Waals surface area contributed by atoms with Crippen molar-refractivity contribution in [3.05, 3.63) is 0 Å². The first kappa shape index (κ1) is 35.5. The quantitative estimate of drug-likeness (QED) is 0.148. The molecule has 2 atom stereocenters. The van der Waals surface area contributed by atoms with Crippen LogP contribution in [0.4, 0.5) is 0 Å². The number of hydrogen-bond acceptors (Lipinski definition) is 0. The Morgan fingerprint density at radius 1 is 0.367 bits per heavy atom. The van der Waals surface area contributed by atoms with Gasteiger partial charge in [0.1, 0.15) is 0 Å². The summed E-state index contributed by atoms with van der Waals surface area (Å²) in [6, 6.07) is 0. The second-order valence-corrected chi connectivity index (χ2v) is 10.0. The molecular formula is C26H58Br2N2. The summed E-state index contributed by atoms with van der Waals surface area (Å²) in [6.07, 6.45) is 20.1. The molecule has 0 amide bonds. The molecule has 0 bridgehead atoms. The van der Waals surface area contributed by atoms with E-state index >= 15 is 0 Å². The third-order valence-corrected chi connectivity index (χ3v) is 7.20. The van der Waals surface area contributed by atoms with Crippen molar-refractivity contribution in [2.45, 2.75) is 118 Å². The molecule has 0 N–H and O–H groups in total. The standard InChI is InChI=1S/C26H58N2.2BrH/c1-7-23-27(5,9-3)25-21-19-17-15-13-11-12-14-16-18-20-22-26-28(6,10-4)24-8-2;;/h7-26H2,1-6H3;2*1H/q+2;;/p-2. The summed E-state index contributed by atoms with van der Waals surface area (Å²) in [5.74, 6) is 0. The van der Waals surface area contributed by atoms with E-state index in [1.165, 1.54) is 138 Å². The summed E-state index contributed by atoms with van der Waals surface area (Å²) in [6.45, 7) is 17.4. The van der Waals surface area contributed by atoms with E-state index < -0.39 is 0 Å².